The van der Waals surface area contributed by atoms with Gasteiger partial charge in [-0.05, 0) is 45.8 Å². The molecule has 1 aliphatic rings. The molecule has 1 unspecified atom stereocenters. The van der Waals surface area contributed by atoms with E-state index in [9.17, 15) is 9.59 Å². The fraction of sp³-hybridized carbons (Fsp3) is 0.143. The predicted molar refractivity (Wildman–Crippen MR) is 83.7 cm³/mol. The van der Waals surface area contributed by atoms with Crippen LogP contribution in [0.5, 0.6) is 5.75 Å². The van der Waals surface area contributed by atoms with E-state index in [0.29, 0.717) is 22.9 Å². The Labute approximate surface area is 139 Å². The Morgan fingerprint density at radius 3 is 2.86 bits per heavy atom. The molecule has 0 saturated heterocycles. The van der Waals surface area contributed by atoms with Gasteiger partial charge in [-0.15, -0.1) is 0 Å². The van der Waals surface area contributed by atoms with E-state index in [-0.39, 0.29) is 0 Å². The number of fused-ring (bicyclic) bond motifs is 1. The highest BCUT2D eigenvalue weighted by atomic mass is 79.9. The van der Waals surface area contributed by atoms with Crippen LogP contribution in [-0.2, 0) is 11.2 Å². The fourth-order valence-electron chi connectivity index (χ4n) is 2.13. The molecule has 6 nitrogen and oxygen atoms in total. The zero-order valence-electron chi connectivity index (χ0n) is 11.2. The van der Waals surface area contributed by atoms with Crippen LogP contribution in [0.2, 0.25) is 5.02 Å². The van der Waals surface area contributed by atoms with Crippen LogP contribution in [0.1, 0.15) is 16.1 Å². The molecule has 0 bridgehead atoms. The highest BCUT2D eigenvalue weighted by Crippen LogP contribution is 2.30. The molecule has 1 atom stereocenters. The summed E-state index contributed by atoms with van der Waals surface area (Å²) in [4.78, 5) is 26.6. The highest BCUT2D eigenvalue weighted by Gasteiger charge is 2.29. The second-order valence-corrected chi connectivity index (χ2v) is 6.09. The zero-order valence-corrected chi connectivity index (χ0v) is 13.5. The van der Waals surface area contributed by atoms with E-state index >= 15 is 0 Å². The Bertz CT molecular complexity index is 747. The molecule has 0 radical (unpaired) electrons. The van der Waals surface area contributed by atoms with Crippen molar-refractivity contribution in [3.63, 3.8) is 0 Å². The number of H-pyrrole nitrogens is 1. The summed E-state index contributed by atoms with van der Waals surface area (Å²) < 4.78 is 6.27. The van der Waals surface area contributed by atoms with Gasteiger partial charge in [-0.3, -0.25) is 20.4 Å². The van der Waals surface area contributed by atoms with Crippen molar-refractivity contribution in [2.45, 2.75) is 12.5 Å². The lowest BCUT2D eigenvalue weighted by atomic mass is 10.1. The van der Waals surface area contributed by atoms with E-state index in [2.05, 4.69) is 31.8 Å². The Kier molecular flexibility index (Phi) is 4.08. The molecular weight excluding hydrogens is 374 g/mol. The maximum Gasteiger partial charge on any atom is 0.286 e. The summed E-state index contributed by atoms with van der Waals surface area (Å²) >= 11 is 9.13. The first kappa shape index (κ1) is 14.9. The first-order chi connectivity index (χ1) is 10.5. The summed E-state index contributed by atoms with van der Waals surface area (Å²) in [7, 11) is 0. The number of ether oxygens (including phenoxy) is 1. The summed E-state index contributed by atoms with van der Waals surface area (Å²) in [5, 5.41) is 0.592. The molecule has 8 heteroatoms. The molecule has 114 valence electrons. The van der Waals surface area contributed by atoms with Gasteiger partial charge in [-0.1, -0.05) is 11.6 Å². The number of halogens is 2. The maximum atomic E-state index is 12.0. The summed E-state index contributed by atoms with van der Waals surface area (Å²) in [6, 6.07) is 6.79. The van der Waals surface area contributed by atoms with Crippen LogP contribution in [0.3, 0.4) is 0 Å². The van der Waals surface area contributed by atoms with E-state index < -0.39 is 17.9 Å². The maximum absolute atomic E-state index is 12.0. The normalized spacial score (nSPS) is 15.8. The topological polar surface area (TPSA) is 83.2 Å². The third-order valence-electron chi connectivity index (χ3n) is 3.18. The summed E-state index contributed by atoms with van der Waals surface area (Å²) in [6.07, 6.45) is 1.34. The minimum atomic E-state index is -0.691. The van der Waals surface area contributed by atoms with E-state index in [0.717, 1.165) is 10.0 Å². The number of carbonyl (C=O) groups is 2. The SMILES string of the molecule is O=C(NNC(=O)C1Cc2cc(Cl)ccc2O1)c1cc(Br)c[nH]1. The monoisotopic (exact) mass is 383 g/mol. The van der Waals surface area contributed by atoms with Gasteiger partial charge in [0.1, 0.15) is 11.4 Å². The Balaban J connectivity index is 1.56. The number of aromatic amines is 1. The molecule has 2 heterocycles. The summed E-state index contributed by atoms with van der Waals surface area (Å²) in [5.41, 5.74) is 5.88. The Morgan fingerprint density at radius 2 is 2.14 bits per heavy atom. The Hall–Kier alpha value is -1.99. The molecule has 1 aromatic heterocycles. The highest BCUT2D eigenvalue weighted by molar-refractivity contribution is 9.10. The van der Waals surface area contributed by atoms with Crippen molar-refractivity contribution in [2.75, 3.05) is 0 Å². The molecule has 1 aromatic carbocycles. The second-order valence-electron chi connectivity index (χ2n) is 4.74. The molecule has 0 spiro atoms. The van der Waals surface area contributed by atoms with Crippen LogP contribution in [0, 0.1) is 0 Å². The van der Waals surface area contributed by atoms with E-state index in [1.54, 1.807) is 30.5 Å². The molecule has 2 aromatic rings. The van der Waals surface area contributed by atoms with Gasteiger partial charge in [-0.25, -0.2) is 0 Å². The van der Waals surface area contributed by atoms with Crippen LogP contribution in [0.4, 0.5) is 0 Å². The van der Waals surface area contributed by atoms with E-state index in [1.165, 1.54) is 0 Å². The number of rotatable bonds is 2. The summed E-state index contributed by atoms with van der Waals surface area (Å²) in [5.74, 6) is -0.243. The van der Waals surface area contributed by atoms with Gasteiger partial charge in [0.15, 0.2) is 6.10 Å². The molecule has 0 saturated carbocycles. The van der Waals surface area contributed by atoms with Gasteiger partial charge < -0.3 is 9.72 Å². The van der Waals surface area contributed by atoms with Crippen LogP contribution in [0.25, 0.3) is 0 Å². The number of benzene rings is 1. The van der Waals surface area contributed by atoms with Gasteiger partial charge in [0.05, 0.1) is 0 Å². The van der Waals surface area contributed by atoms with Crippen LogP contribution < -0.4 is 15.6 Å². The van der Waals surface area contributed by atoms with Crippen molar-refractivity contribution in [3.8, 4) is 5.75 Å². The number of aromatic nitrogens is 1. The number of carbonyl (C=O) groups excluding carboxylic acids is 2. The largest absolute Gasteiger partial charge is 0.480 e. The number of amides is 2. The van der Waals surface area contributed by atoms with Gasteiger partial charge in [0, 0.05) is 22.1 Å². The number of hydrazine groups is 1. The first-order valence-electron chi connectivity index (χ1n) is 6.42. The zero-order chi connectivity index (χ0) is 15.7. The van der Waals surface area contributed by atoms with E-state index in [4.69, 9.17) is 16.3 Å². The summed E-state index contributed by atoms with van der Waals surface area (Å²) in [6.45, 7) is 0. The quantitative estimate of drug-likeness (QED) is 0.694. The lowest BCUT2D eigenvalue weighted by Crippen LogP contribution is -2.47. The minimum absolute atomic E-state index is 0.328. The van der Waals surface area contributed by atoms with Crippen molar-refractivity contribution in [1.82, 2.24) is 15.8 Å². The van der Waals surface area contributed by atoms with Crippen molar-refractivity contribution < 1.29 is 14.3 Å². The molecule has 1 aliphatic heterocycles. The van der Waals surface area contributed by atoms with Crippen molar-refractivity contribution in [2.24, 2.45) is 0 Å². The molecule has 0 aliphatic carbocycles. The van der Waals surface area contributed by atoms with Crippen molar-refractivity contribution in [3.05, 3.63) is 51.2 Å². The van der Waals surface area contributed by atoms with Gasteiger partial charge in [-0.2, -0.15) is 0 Å². The van der Waals surface area contributed by atoms with E-state index in [1.807, 2.05) is 0 Å². The average molecular weight is 385 g/mol. The lowest BCUT2D eigenvalue weighted by Gasteiger charge is -2.11. The first-order valence-corrected chi connectivity index (χ1v) is 7.59. The minimum Gasteiger partial charge on any atom is -0.480 e. The van der Waals surface area contributed by atoms with Crippen LogP contribution in [0.15, 0.2) is 34.9 Å². The van der Waals surface area contributed by atoms with Crippen molar-refractivity contribution in [1.29, 1.82) is 0 Å². The third kappa shape index (κ3) is 3.10. The standard InChI is InChI=1S/C14H11BrClN3O3/c15-8-5-10(17-6-8)13(20)18-19-14(21)12-4-7-3-9(16)1-2-11(7)22-12/h1-3,5-6,12,17H,4H2,(H,18,20)(H,19,21). The molecule has 3 N–H and O–H groups in total. The fourth-order valence-corrected chi connectivity index (χ4v) is 2.67. The number of hydrogen-bond acceptors (Lipinski definition) is 3. The third-order valence-corrected chi connectivity index (χ3v) is 3.87. The average Bonchev–Trinajstić information content (AvgIpc) is 3.10. The Morgan fingerprint density at radius 1 is 1.32 bits per heavy atom. The molecule has 3 rings (SSSR count). The second kappa shape index (κ2) is 6.02. The molecule has 2 amide bonds. The van der Waals surface area contributed by atoms with Crippen LogP contribution in [-0.4, -0.2) is 22.9 Å². The van der Waals surface area contributed by atoms with Crippen molar-refractivity contribution >= 4 is 39.3 Å². The predicted octanol–water partition coefficient (Wildman–Crippen LogP) is 2.20. The molecular formula is C14H11BrClN3O3. The number of nitrogens with one attached hydrogen (secondary N) is 3. The smallest absolute Gasteiger partial charge is 0.286 e. The van der Waals surface area contributed by atoms with Gasteiger partial charge >= 0.3 is 0 Å². The van der Waals surface area contributed by atoms with Crippen LogP contribution >= 0.6 is 27.5 Å². The van der Waals surface area contributed by atoms with Gasteiger partial charge in [0.25, 0.3) is 11.8 Å². The van der Waals surface area contributed by atoms with Gasteiger partial charge in [0.2, 0.25) is 0 Å². The molecule has 22 heavy (non-hydrogen) atoms. The molecule has 0 fully saturated rings. The number of hydrogen-bond donors (Lipinski definition) is 3. The lowest BCUT2D eigenvalue weighted by molar-refractivity contribution is -0.128.